The Morgan fingerprint density at radius 2 is 1.73 bits per heavy atom. The van der Waals surface area contributed by atoms with E-state index in [1.807, 2.05) is 43.3 Å². The number of hydrogen-bond acceptors (Lipinski definition) is 6. The molecule has 9 heteroatoms. The van der Waals surface area contributed by atoms with Crippen molar-refractivity contribution < 1.29 is 9.59 Å². The third-order valence-corrected chi connectivity index (χ3v) is 4.66. The van der Waals surface area contributed by atoms with Crippen molar-refractivity contribution in [2.45, 2.75) is 13.5 Å². The van der Waals surface area contributed by atoms with Crippen LogP contribution in [-0.2, 0) is 6.54 Å². The Labute approximate surface area is 171 Å². The number of fused-ring (bicyclic) bond motifs is 1. The van der Waals surface area contributed by atoms with E-state index in [4.69, 9.17) is 11.5 Å². The van der Waals surface area contributed by atoms with Gasteiger partial charge < -0.3 is 21.8 Å². The number of benzene rings is 2. The highest BCUT2D eigenvalue weighted by Crippen LogP contribution is 2.32. The molecule has 2 aromatic heterocycles. The number of nitrogens with zero attached hydrogens (tertiary/aromatic N) is 3. The SMILES string of the molecule is Cc1[nH]c2c(C(N)=O)cccc2c1-c1nc(NCc2ccccc2)nc(C(N)=O)n1. The fourth-order valence-corrected chi connectivity index (χ4v) is 3.29. The first-order chi connectivity index (χ1) is 14.4. The second-order valence-electron chi connectivity index (χ2n) is 6.73. The van der Waals surface area contributed by atoms with Crippen LogP contribution in [0.5, 0.6) is 0 Å². The lowest BCUT2D eigenvalue weighted by molar-refractivity contribution is 0.0986. The Balaban J connectivity index is 1.81. The normalized spacial score (nSPS) is 10.8. The Hall–Kier alpha value is -4.27. The Morgan fingerprint density at radius 1 is 0.967 bits per heavy atom. The molecule has 2 amide bonds. The van der Waals surface area contributed by atoms with Gasteiger partial charge in [0.05, 0.1) is 11.1 Å². The van der Waals surface area contributed by atoms with E-state index < -0.39 is 11.8 Å². The fraction of sp³-hybridized carbons (Fsp3) is 0.0952. The molecule has 0 aliphatic heterocycles. The largest absolute Gasteiger partial charge is 0.366 e. The monoisotopic (exact) mass is 401 g/mol. The lowest BCUT2D eigenvalue weighted by atomic mass is 10.1. The first-order valence-electron chi connectivity index (χ1n) is 9.19. The topological polar surface area (TPSA) is 153 Å². The molecule has 0 radical (unpaired) electrons. The summed E-state index contributed by atoms with van der Waals surface area (Å²) in [6.07, 6.45) is 0. The molecule has 0 fully saturated rings. The molecule has 6 N–H and O–H groups in total. The smallest absolute Gasteiger partial charge is 0.286 e. The van der Waals surface area contributed by atoms with Gasteiger partial charge >= 0.3 is 0 Å². The number of aryl methyl sites for hydroxylation is 1. The number of rotatable bonds is 6. The zero-order valence-corrected chi connectivity index (χ0v) is 16.1. The average molecular weight is 401 g/mol. The number of primary amides is 2. The molecule has 0 saturated heterocycles. The van der Waals surface area contributed by atoms with Crippen LogP contribution in [0.25, 0.3) is 22.3 Å². The molecule has 0 atom stereocenters. The van der Waals surface area contributed by atoms with Crippen LogP contribution in [0.2, 0.25) is 0 Å². The molecule has 0 aliphatic rings. The molecule has 4 aromatic rings. The average Bonchev–Trinajstić information content (AvgIpc) is 3.08. The Bertz CT molecular complexity index is 1270. The predicted octanol–water partition coefficient (Wildman–Crippen LogP) is 2.14. The maximum atomic E-state index is 11.8. The van der Waals surface area contributed by atoms with Crippen LogP contribution in [0, 0.1) is 6.92 Å². The number of carbonyl (C=O) groups is 2. The van der Waals surface area contributed by atoms with Gasteiger partial charge in [0.25, 0.3) is 11.8 Å². The van der Waals surface area contributed by atoms with Gasteiger partial charge in [-0.2, -0.15) is 9.97 Å². The lowest BCUT2D eigenvalue weighted by Crippen LogP contribution is -2.18. The highest BCUT2D eigenvalue weighted by Gasteiger charge is 2.20. The summed E-state index contributed by atoms with van der Waals surface area (Å²) >= 11 is 0. The van der Waals surface area contributed by atoms with E-state index in [0.717, 1.165) is 5.56 Å². The van der Waals surface area contributed by atoms with Crippen molar-refractivity contribution in [3.05, 3.63) is 71.2 Å². The minimum atomic E-state index is -0.767. The number of nitrogens with one attached hydrogen (secondary N) is 2. The maximum Gasteiger partial charge on any atom is 0.286 e. The van der Waals surface area contributed by atoms with E-state index in [1.165, 1.54) is 0 Å². The molecule has 0 saturated carbocycles. The number of anilines is 1. The summed E-state index contributed by atoms with van der Waals surface area (Å²) < 4.78 is 0. The Morgan fingerprint density at radius 3 is 2.43 bits per heavy atom. The van der Waals surface area contributed by atoms with Crippen molar-refractivity contribution >= 4 is 28.7 Å². The number of hydrogen-bond donors (Lipinski definition) is 4. The third kappa shape index (κ3) is 3.55. The van der Waals surface area contributed by atoms with Gasteiger partial charge in [0.15, 0.2) is 5.82 Å². The van der Waals surface area contributed by atoms with E-state index in [9.17, 15) is 9.59 Å². The van der Waals surface area contributed by atoms with Crippen LogP contribution in [-0.4, -0.2) is 31.8 Å². The minimum absolute atomic E-state index is 0.157. The van der Waals surface area contributed by atoms with Gasteiger partial charge in [0.2, 0.25) is 11.8 Å². The fourth-order valence-electron chi connectivity index (χ4n) is 3.29. The molecule has 2 heterocycles. The number of aromatic amines is 1. The number of para-hydroxylation sites is 1. The first-order valence-corrected chi connectivity index (χ1v) is 9.19. The van der Waals surface area contributed by atoms with Gasteiger partial charge in [-0.1, -0.05) is 42.5 Å². The number of nitrogens with two attached hydrogens (primary N) is 2. The van der Waals surface area contributed by atoms with Gasteiger partial charge in [-0.05, 0) is 18.6 Å². The summed E-state index contributed by atoms with van der Waals surface area (Å²) in [4.78, 5) is 39.6. The standard InChI is InChI=1S/C21H19N7O2/c1-11-15(13-8-5-9-14(17(22)29)16(13)25-11)19-26-20(18(23)30)28-21(27-19)24-10-12-6-3-2-4-7-12/h2-9,25H,10H2,1H3,(H2,22,29)(H2,23,30)(H,24,26,27,28). The van der Waals surface area contributed by atoms with Crippen LogP contribution in [0.3, 0.4) is 0 Å². The summed E-state index contributed by atoms with van der Waals surface area (Å²) in [5.74, 6) is -0.989. The maximum absolute atomic E-state index is 11.8. The zero-order chi connectivity index (χ0) is 21.3. The molecule has 0 aliphatic carbocycles. The van der Waals surface area contributed by atoms with Crippen LogP contribution in [0.1, 0.15) is 32.2 Å². The number of aromatic nitrogens is 4. The highest BCUT2D eigenvalue weighted by atomic mass is 16.1. The molecule has 150 valence electrons. The quantitative estimate of drug-likeness (QED) is 0.388. The summed E-state index contributed by atoms with van der Waals surface area (Å²) in [6.45, 7) is 2.28. The zero-order valence-electron chi connectivity index (χ0n) is 16.1. The molecule has 9 nitrogen and oxygen atoms in total. The molecule has 4 rings (SSSR count). The van der Waals surface area contributed by atoms with Crippen LogP contribution >= 0.6 is 0 Å². The lowest BCUT2D eigenvalue weighted by Gasteiger charge is -2.08. The van der Waals surface area contributed by atoms with E-state index in [1.54, 1.807) is 12.1 Å². The van der Waals surface area contributed by atoms with Crippen molar-refractivity contribution in [2.24, 2.45) is 11.5 Å². The third-order valence-electron chi connectivity index (χ3n) is 4.66. The van der Waals surface area contributed by atoms with E-state index >= 15 is 0 Å². The van der Waals surface area contributed by atoms with Crippen LogP contribution < -0.4 is 16.8 Å². The van der Waals surface area contributed by atoms with Gasteiger partial charge in [0, 0.05) is 23.2 Å². The van der Waals surface area contributed by atoms with E-state index in [-0.39, 0.29) is 17.6 Å². The van der Waals surface area contributed by atoms with E-state index in [0.29, 0.717) is 34.3 Å². The van der Waals surface area contributed by atoms with Crippen molar-refractivity contribution in [3.8, 4) is 11.4 Å². The van der Waals surface area contributed by atoms with E-state index in [2.05, 4.69) is 25.3 Å². The molecule has 0 bridgehead atoms. The molecular formula is C21H19N7O2. The number of carbonyl (C=O) groups excluding carboxylic acids is 2. The van der Waals surface area contributed by atoms with Crippen molar-refractivity contribution in [2.75, 3.05) is 5.32 Å². The second-order valence-corrected chi connectivity index (χ2v) is 6.73. The van der Waals surface area contributed by atoms with Crippen molar-refractivity contribution in [1.29, 1.82) is 0 Å². The molecule has 30 heavy (non-hydrogen) atoms. The van der Waals surface area contributed by atoms with Crippen molar-refractivity contribution in [1.82, 2.24) is 19.9 Å². The molecule has 0 unspecified atom stereocenters. The summed E-state index contributed by atoms with van der Waals surface area (Å²) in [5, 5.41) is 3.81. The minimum Gasteiger partial charge on any atom is -0.366 e. The second kappa shape index (κ2) is 7.63. The van der Waals surface area contributed by atoms with Gasteiger partial charge in [-0.25, -0.2) is 4.98 Å². The Kier molecular flexibility index (Phi) is 4.85. The van der Waals surface area contributed by atoms with Crippen LogP contribution in [0.15, 0.2) is 48.5 Å². The first kappa shape index (κ1) is 19.1. The van der Waals surface area contributed by atoms with Crippen LogP contribution in [0.4, 0.5) is 5.95 Å². The molecular weight excluding hydrogens is 382 g/mol. The number of amides is 2. The van der Waals surface area contributed by atoms with Gasteiger partial charge in [-0.15, -0.1) is 0 Å². The summed E-state index contributed by atoms with van der Waals surface area (Å²) in [6, 6.07) is 14.9. The van der Waals surface area contributed by atoms with Crippen molar-refractivity contribution in [3.63, 3.8) is 0 Å². The summed E-state index contributed by atoms with van der Waals surface area (Å²) in [7, 11) is 0. The van der Waals surface area contributed by atoms with Gasteiger partial charge in [-0.3, -0.25) is 9.59 Å². The molecule has 2 aromatic carbocycles. The number of H-pyrrole nitrogens is 1. The van der Waals surface area contributed by atoms with Gasteiger partial charge in [0.1, 0.15) is 0 Å². The summed E-state index contributed by atoms with van der Waals surface area (Å²) in [5.41, 5.74) is 14.2. The highest BCUT2D eigenvalue weighted by molar-refractivity contribution is 6.09. The predicted molar refractivity (Wildman–Crippen MR) is 113 cm³/mol. The molecule has 0 spiro atoms.